The van der Waals surface area contributed by atoms with E-state index in [-0.39, 0.29) is 0 Å². The quantitative estimate of drug-likeness (QED) is 0.739. The van der Waals surface area contributed by atoms with E-state index in [1.807, 2.05) is 6.07 Å². The maximum absolute atomic E-state index is 5.40. The first-order valence-corrected chi connectivity index (χ1v) is 8.42. The first-order valence-electron chi connectivity index (χ1n) is 7.63. The smallest absolute Gasteiger partial charge is 0.119 e. The molecule has 2 aromatic rings. The van der Waals surface area contributed by atoms with Crippen molar-refractivity contribution in [3.8, 4) is 5.75 Å². The van der Waals surface area contributed by atoms with Crippen molar-refractivity contribution in [1.29, 1.82) is 0 Å². The molecule has 0 saturated carbocycles. The fourth-order valence-electron chi connectivity index (χ4n) is 3.73. The van der Waals surface area contributed by atoms with Crippen molar-refractivity contribution >= 4 is 21.6 Å². The van der Waals surface area contributed by atoms with Gasteiger partial charge in [0.2, 0.25) is 0 Å². The highest BCUT2D eigenvalue weighted by atomic mass is 79.9. The Morgan fingerprint density at radius 2 is 2.09 bits per heavy atom. The zero-order valence-corrected chi connectivity index (χ0v) is 14.0. The first-order chi connectivity index (χ1) is 10.8. The molecule has 3 unspecified atom stereocenters. The van der Waals surface area contributed by atoms with Crippen molar-refractivity contribution in [1.82, 2.24) is 0 Å². The predicted molar refractivity (Wildman–Crippen MR) is 93.5 cm³/mol. The zero-order valence-electron chi connectivity index (χ0n) is 12.4. The Bertz CT molecular complexity index is 740. The van der Waals surface area contributed by atoms with E-state index < -0.39 is 0 Å². The van der Waals surface area contributed by atoms with Crippen LogP contribution in [0.3, 0.4) is 0 Å². The Labute approximate surface area is 139 Å². The molecule has 0 spiro atoms. The van der Waals surface area contributed by atoms with Crippen LogP contribution < -0.4 is 10.1 Å². The first kappa shape index (κ1) is 13.9. The number of methoxy groups -OCH3 is 1. The second-order valence-electron chi connectivity index (χ2n) is 5.98. The van der Waals surface area contributed by atoms with Crippen LogP contribution in [-0.2, 0) is 0 Å². The van der Waals surface area contributed by atoms with Crippen LogP contribution in [-0.4, -0.2) is 7.11 Å². The second kappa shape index (κ2) is 5.47. The minimum Gasteiger partial charge on any atom is -0.497 e. The number of benzene rings is 2. The van der Waals surface area contributed by atoms with Crippen LogP contribution in [0.5, 0.6) is 5.75 Å². The minimum absolute atomic E-state index is 0.346. The van der Waals surface area contributed by atoms with Gasteiger partial charge in [-0.05, 0) is 53.8 Å². The van der Waals surface area contributed by atoms with Crippen molar-refractivity contribution < 1.29 is 4.74 Å². The second-order valence-corrected chi connectivity index (χ2v) is 6.90. The molecular weight excluding hydrogens is 338 g/mol. The molecule has 0 bridgehead atoms. The summed E-state index contributed by atoms with van der Waals surface area (Å²) < 4.78 is 6.53. The Hall–Kier alpha value is -1.74. The van der Waals surface area contributed by atoms with Crippen LogP contribution in [0.4, 0.5) is 5.69 Å². The number of allylic oxidation sites excluding steroid dienone is 2. The average molecular weight is 356 g/mol. The number of hydrogen-bond donors (Lipinski definition) is 1. The number of hydrogen-bond acceptors (Lipinski definition) is 2. The van der Waals surface area contributed by atoms with Gasteiger partial charge in [-0.3, -0.25) is 0 Å². The topological polar surface area (TPSA) is 21.3 Å². The molecule has 22 heavy (non-hydrogen) atoms. The van der Waals surface area contributed by atoms with Gasteiger partial charge < -0.3 is 10.1 Å². The maximum Gasteiger partial charge on any atom is 0.119 e. The summed E-state index contributed by atoms with van der Waals surface area (Å²) in [6, 6.07) is 15.3. The number of ether oxygens (including phenoxy) is 1. The zero-order chi connectivity index (χ0) is 15.1. The van der Waals surface area contributed by atoms with Gasteiger partial charge in [-0.25, -0.2) is 0 Å². The molecule has 4 rings (SSSR count). The largest absolute Gasteiger partial charge is 0.497 e. The number of anilines is 1. The molecule has 3 heteroatoms. The van der Waals surface area contributed by atoms with Crippen molar-refractivity contribution in [3.63, 3.8) is 0 Å². The third-order valence-corrected chi connectivity index (χ3v) is 5.27. The van der Waals surface area contributed by atoms with E-state index in [0.717, 1.165) is 16.6 Å². The number of fused-ring (bicyclic) bond motifs is 3. The van der Waals surface area contributed by atoms with Crippen LogP contribution in [0, 0.1) is 5.92 Å². The van der Waals surface area contributed by atoms with Crippen molar-refractivity contribution in [2.24, 2.45) is 5.92 Å². The van der Waals surface area contributed by atoms with E-state index in [1.165, 1.54) is 16.8 Å². The maximum atomic E-state index is 5.40. The van der Waals surface area contributed by atoms with Gasteiger partial charge in [-0.15, -0.1) is 0 Å². The van der Waals surface area contributed by atoms with Crippen LogP contribution in [0.1, 0.15) is 29.5 Å². The number of halogens is 1. The summed E-state index contributed by atoms with van der Waals surface area (Å²) in [6.07, 6.45) is 5.79. The molecule has 1 aliphatic carbocycles. The van der Waals surface area contributed by atoms with Gasteiger partial charge >= 0.3 is 0 Å². The molecule has 1 heterocycles. The van der Waals surface area contributed by atoms with Gasteiger partial charge in [-0.1, -0.05) is 40.2 Å². The SMILES string of the molecule is COc1ccc2c(c1)C1C=CCC1C(c1cccc(Br)c1)N2. The van der Waals surface area contributed by atoms with Crippen LogP contribution in [0.25, 0.3) is 0 Å². The van der Waals surface area contributed by atoms with E-state index >= 15 is 0 Å². The Morgan fingerprint density at radius 1 is 1.18 bits per heavy atom. The molecule has 1 N–H and O–H groups in total. The summed E-state index contributed by atoms with van der Waals surface area (Å²) in [5, 5.41) is 3.75. The standard InChI is InChI=1S/C19H18BrNO/c1-22-14-8-9-18-17(11-14)15-6-3-7-16(15)19(21-18)12-4-2-5-13(20)10-12/h2-6,8-11,15-16,19,21H,7H2,1H3. The lowest BCUT2D eigenvalue weighted by Crippen LogP contribution is -2.29. The van der Waals surface area contributed by atoms with Crippen LogP contribution in [0.2, 0.25) is 0 Å². The Balaban J connectivity index is 1.78. The lowest BCUT2D eigenvalue weighted by atomic mass is 9.77. The third-order valence-electron chi connectivity index (χ3n) is 4.78. The van der Waals surface area contributed by atoms with E-state index in [0.29, 0.717) is 17.9 Å². The molecule has 112 valence electrons. The monoisotopic (exact) mass is 355 g/mol. The highest BCUT2D eigenvalue weighted by Crippen LogP contribution is 2.50. The molecule has 3 atom stereocenters. The van der Waals surface area contributed by atoms with Gasteiger partial charge in [0.1, 0.15) is 5.75 Å². The van der Waals surface area contributed by atoms with Gasteiger partial charge in [-0.2, -0.15) is 0 Å². The van der Waals surface area contributed by atoms with E-state index in [9.17, 15) is 0 Å². The summed E-state index contributed by atoms with van der Waals surface area (Å²) in [7, 11) is 1.73. The van der Waals surface area contributed by atoms with E-state index in [4.69, 9.17) is 4.74 Å². The number of nitrogens with one attached hydrogen (secondary N) is 1. The fraction of sp³-hybridized carbons (Fsp3) is 0.263. The molecule has 0 amide bonds. The average Bonchev–Trinajstić information content (AvgIpc) is 3.03. The van der Waals surface area contributed by atoms with Gasteiger partial charge in [0.15, 0.2) is 0 Å². The lowest BCUT2D eigenvalue weighted by Gasteiger charge is -2.37. The third kappa shape index (κ3) is 2.24. The van der Waals surface area contributed by atoms with Crippen LogP contribution >= 0.6 is 15.9 Å². The summed E-state index contributed by atoms with van der Waals surface area (Å²) in [4.78, 5) is 0. The van der Waals surface area contributed by atoms with Crippen molar-refractivity contribution in [2.45, 2.75) is 18.4 Å². The molecular formula is C19H18BrNO. The molecule has 2 aromatic carbocycles. The molecule has 2 aliphatic rings. The normalized spacial score (nSPS) is 25.3. The van der Waals surface area contributed by atoms with Crippen LogP contribution in [0.15, 0.2) is 59.1 Å². The molecule has 2 nitrogen and oxygen atoms in total. The Kier molecular flexibility index (Phi) is 3.45. The molecule has 0 aromatic heterocycles. The lowest BCUT2D eigenvalue weighted by molar-refractivity contribution is 0.405. The van der Waals surface area contributed by atoms with Gasteiger partial charge in [0.05, 0.1) is 13.2 Å². The van der Waals surface area contributed by atoms with Crippen molar-refractivity contribution in [2.75, 3.05) is 12.4 Å². The van der Waals surface area contributed by atoms with E-state index in [1.54, 1.807) is 7.11 Å². The van der Waals surface area contributed by atoms with E-state index in [2.05, 4.69) is 69.8 Å². The predicted octanol–water partition coefficient (Wildman–Crippen LogP) is 5.28. The molecule has 0 fully saturated rings. The Morgan fingerprint density at radius 3 is 2.91 bits per heavy atom. The highest BCUT2D eigenvalue weighted by Gasteiger charge is 2.37. The molecule has 1 aliphatic heterocycles. The molecule has 0 saturated heterocycles. The number of rotatable bonds is 2. The van der Waals surface area contributed by atoms with Gasteiger partial charge in [0.25, 0.3) is 0 Å². The molecule has 0 radical (unpaired) electrons. The summed E-state index contributed by atoms with van der Waals surface area (Å²) in [5.74, 6) is 1.96. The summed E-state index contributed by atoms with van der Waals surface area (Å²) in [5.41, 5.74) is 3.91. The summed E-state index contributed by atoms with van der Waals surface area (Å²) in [6.45, 7) is 0. The van der Waals surface area contributed by atoms with Gasteiger partial charge in [0, 0.05) is 16.1 Å². The summed E-state index contributed by atoms with van der Waals surface area (Å²) >= 11 is 3.59. The fourth-order valence-corrected chi connectivity index (χ4v) is 4.15. The van der Waals surface area contributed by atoms with Crippen molar-refractivity contribution in [3.05, 3.63) is 70.2 Å². The highest BCUT2D eigenvalue weighted by molar-refractivity contribution is 9.10. The minimum atomic E-state index is 0.346.